The van der Waals surface area contributed by atoms with E-state index in [1.807, 2.05) is 0 Å². The quantitative estimate of drug-likeness (QED) is 0.440. The molecule has 4 nitrogen and oxygen atoms in total. The summed E-state index contributed by atoms with van der Waals surface area (Å²) in [6.45, 7) is 10.1. The highest BCUT2D eigenvalue weighted by atomic mass is 15.2. The zero-order valence-electron chi connectivity index (χ0n) is 14.9. The summed E-state index contributed by atoms with van der Waals surface area (Å²) < 4.78 is 0. The summed E-state index contributed by atoms with van der Waals surface area (Å²) in [6, 6.07) is 6.73. The van der Waals surface area contributed by atoms with E-state index in [4.69, 9.17) is 0 Å². The number of aliphatic imine (C=N–C) groups is 1. The molecule has 0 aliphatic carbocycles. The fourth-order valence-electron chi connectivity index (χ4n) is 2.46. The van der Waals surface area contributed by atoms with Gasteiger partial charge in [0, 0.05) is 19.6 Å². The van der Waals surface area contributed by atoms with E-state index in [-0.39, 0.29) is 0 Å². The fraction of sp³-hybridized carbons (Fsp3) is 0.611. The first-order chi connectivity index (χ1) is 10.5. The zero-order chi connectivity index (χ0) is 16.4. The second kappa shape index (κ2) is 10.2. The van der Waals surface area contributed by atoms with Crippen molar-refractivity contribution in [3.8, 4) is 0 Å². The third-order valence-corrected chi connectivity index (χ3v) is 3.37. The molecule has 0 aliphatic heterocycles. The molecule has 0 atom stereocenters. The Balaban J connectivity index is 2.41. The number of benzene rings is 1. The molecule has 1 aromatic carbocycles. The van der Waals surface area contributed by atoms with Crippen LogP contribution in [-0.4, -0.2) is 51.1 Å². The van der Waals surface area contributed by atoms with E-state index in [0.717, 1.165) is 45.0 Å². The highest BCUT2D eigenvalue weighted by Gasteiger charge is 1.99. The predicted octanol–water partition coefficient (Wildman–Crippen LogP) is 2.35. The van der Waals surface area contributed by atoms with Gasteiger partial charge in [0.25, 0.3) is 0 Å². The number of guanidine groups is 1. The fourth-order valence-corrected chi connectivity index (χ4v) is 2.46. The van der Waals surface area contributed by atoms with Crippen LogP contribution in [0.1, 0.15) is 30.0 Å². The second-order valence-corrected chi connectivity index (χ2v) is 6.09. The Hall–Kier alpha value is -1.55. The van der Waals surface area contributed by atoms with Crippen LogP contribution in [0.5, 0.6) is 0 Å². The van der Waals surface area contributed by atoms with Crippen molar-refractivity contribution in [2.75, 3.05) is 40.3 Å². The maximum atomic E-state index is 4.62. The van der Waals surface area contributed by atoms with Gasteiger partial charge in [-0.15, -0.1) is 0 Å². The first-order valence-corrected chi connectivity index (χ1v) is 8.25. The minimum atomic E-state index is 0.858. The van der Waals surface area contributed by atoms with Crippen LogP contribution >= 0.6 is 0 Å². The minimum Gasteiger partial charge on any atom is -0.357 e. The highest BCUT2D eigenvalue weighted by molar-refractivity contribution is 5.79. The lowest BCUT2D eigenvalue weighted by Crippen LogP contribution is -2.38. The summed E-state index contributed by atoms with van der Waals surface area (Å²) in [7, 11) is 4.19. The number of hydrogen-bond acceptors (Lipinski definition) is 2. The van der Waals surface area contributed by atoms with Gasteiger partial charge in [0.15, 0.2) is 5.96 Å². The van der Waals surface area contributed by atoms with E-state index in [1.54, 1.807) is 0 Å². The van der Waals surface area contributed by atoms with E-state index in [1.165, 1.54) is 16.7 Å². The molecule has 0 unspecified atom stereocenters. The van der Waals surface area contributed by atoms with Crippen molar-refractivity contribution < 1.29 is 0 Å². The van der Waals surface area contributed by atoms with Gasteiger partial charge in [0.1, 0.15) is 0 Å². The van der Waals surface area contributed by atoms with E-state index >= 15 is 0 Å². The summed E-state index contributed by atoms with van der Waals surface area (Å²) >= 11 is 0. The average Bonchev–Trinajstić information content (AvgIpc) is 2.42. The highest BCUT2D eigenvalue weighted by Crippen LogP contribution is 2.08. The molecule has 4 heteroatoms. The summed E-state index contributed by atoms with van der Waals surface area (Å²) in [5.41, 5.74) is 4.05. The lowest BCUT2D eigenvalue weighted by atomic mass is 10.1. The molecule has 22 heavy (non-hydrogen) atoms. The molecular formula is C18H32N4. The van der Waals surface area contributed by atoms with Crippen LogP contribution in [0.15, 0.2) is 23.2 Å². The number of rotatable bonds is 8. The van der Waals surface area contributed by atoms with Crippen molar-refractivity contribution >= 4 is 5.96 Å². The van der Waals surface area contributed by atoms with Crippen LogP contribution in [0.3, 0.4) is 0 Å². The van der Waals surface area contributed by atoms with Crippen LogP contribution in [0.4, 0.5) is 0 Å². The normalized spacial score (nSPS) is 11.8. The van der Waals surface area contributed by atoms with Crippen LogP contribution in [0.2, 0.25) is 0 Å². The van der Waals surface area contributed by atoms with Crippen LogP contribution in [-0.2, 0) is 6.42 Å². The van der Waals surface area contributed by atoms with Gasteiger partial charge in [-0.3, -0.25) is 4.99 Å². The zero-order valence-corrected chi connectivity index (χ0v) is 14.9. The topological polar surface area (TPSA) is 39.7 Å². The molecule has 0 aliphatic rings. The third-order valence-electron chi connectivity index (χ3n) is 3.37. The summed E-state index contributed by atoms with van der Waals surface area (Å²) in [4.78, 5) is 6.81. The molecule has 0 aromatic heterocycles. The lowest BCUT2D eigenvalue weighted by Gasteiger charge is -2.12. The van der Waals surface area contributed by atoms with Crippen molar-refractivity contribution in [1.29, 1.82) is 0 Å². The van der Waals surface area contributed by atoms with Crippen LogP contribution in [0, 0.1) is 13.8 Å². The van der Waals surface area contributed by atoms with Crippen LogP contribution in [0.25, 0.3) is 0 Å². The van der Waals surface area contributed by atoms with Crippen molar-refractivity contribution in [1.82, 2.24) is 15.5 Å². The Morgan fingerprint density at radius 1 is 1.09 bits per heavy atom. The summed E-state index contributed by atoms with van der Waals surface area (Å²) in [5, 5.41) is 6.73. The molecule has 2 N–H and O–H groups in total. The molecule has 0 saturated carbocycles. The standard InChI is InChI=1S/C18H32N4/c1-6-19-18(20-9-7-11-22(4)5)21-10-8-17-13-15(2)12-16(3)14-17/h12-14H,6-11H2,1-5H3,(H2,19,20,21). The second-order valence-electron chi connectivity index (χ2n) is 6.09. The lowest BCUT2D eigenvalue weighted by molar-refractivity contribution is 0.403. The SMILES string of the molecule is CCNC(=NCCCN(C)C)NCCc1cc(C)cc(C)c1. The number of nitrogens with zero attached hydrogens (tertiary/aromatic N) is 2. The minimum absolute atomic E-state index is 0.858. The molecule has 0 fully saturated rings. The molecule has 0 heterocycles. The van der Waals surface area contributed by atoms with Gasteiger partial charge in [-0.1, -0.05) is 29.3 Å². The Morgan fingerprint density at radius 3 is 2.36 bits per heavy atom. The number of hydrogen-bond donors (Lipinski definition) is 2. The molecule has 0 spiro atoms. The van der Waals surface area contributed by atoms with Crippen molar-refractivity contribution in [2.45, 2.75) is 33.6 Å². The molecule has 0 bridgehead atoms. The largest absolute Gasteiger partial charge is 0.357 e. The Labute approximate surface area is 136 Å². The summed E-state index contributed by atoms with van der Waals surface area (Å²) in [5.74, 6) is 0.922. The Bertz CT molecular complexity index is 446. The molecular weight excluding hydrogens is 272 g/mol. The monoisotopic (exact) mass is 304 g/mol. The Morgan fingerprint density at radius 2 is 1.77 bits per heavy atom. The van der Waals surface area contributed by atoms with Crippen molar-refractivity contribution in [2.24, 2.45) is 4.99 Å². The Kier molecular flexibility index (Phi) is 8.60. The van der Waals surface area contributed by atoms with Gasteiger partial charge in [-0.05, 0) is 59.8 Å². The van der Waals surface area contributed by atoms with E-state index in [0.29, 0.717) is 0 Å². The van der Waals surface area contributed by atoms with E-state index in [2.05, 4.69) is 73.6 Å². The van der Waals surface area contributed by atoms with Crippen molar-refractivity contribution in [3.05, 3.63) is 34.9 Å². The van der Waals surface area contributed by atoms with Gasteiger partial charge in [-0.25, -0.2) is 0 Å². The average molecular weight is 304 g/mol. The maximum Gasteiger partial charge on any atom is 0.191 e. The third kappa shape index (κ3) is 8.03. The molecule has 1 aromatic rings. The maximum absolute atomic E-state index is 4.62. The van der Waals surface area contributed by atoms with Gasteiger partial charge in [-0.2, -0.15) is 0 Å². The molecule has 0 amide bonds. The molecule has 124 valence electrons. The predicted molar refractivity (Wildman–Crippen MR) is 96.8 cm³/mol. The smallest absolute Gasteiger partial charge is 0.191 e. The number of aryl methyl sites for hydroxylation is 2. The van der Waals surface area contributed by atoms with Gasteiger partial charge < -0.3 is 15.5 Å². The van der Waals surface area contributed by atoms with E-state index < -0.39 is 0 Å². The van der Waals surface area contributed by atoms with Gasteiger partial charge in [0.05, 0.1) is 0 Å². The van der Waals surface area contributed by atoms with E-state index in [9.17, 15) is 0 Å². The number of nitrogens with one attached hydrogen (secondary N) is 2. The van der Waals surface area contributed by atoms with Crippen molar-refractivity contribution in [3.63, 3.8) is 0 Å². The molecule has 0 saturated heterocycles. The first-order valence-electron chi connectivity index (χ1n) is 8.25. The molecule has 1 rings (SSSR count). The first kappa shape index (κ1) is 18.5. The molecule has 0 radical (unpaired) electrons. The summed E-state index contributed by atoms with van der Waals surface area (Å²) in [6.07, 6.45) is 2.10. The van der Waals surface area contributed by atoms with Gasteiger partial charge in [0.2, 0.25) is 0 Å². The van der Waals surface area contributed by atoms with Crippen LogP contribution < -0.4 is 10.6 Å². The van der Waals surface area contributed by atoms with Gasteiger partial charge >= 0.3 is 0 Å².